The van der Waals surface area contributed by atoms with Gasteiger partial charge in [0.2, 0.25) is 0 Å². The van der Waals surface area contributed by atoms with Gasteiger partial charge in [0.05, 0.1) is 6.10 Å². The Kier molecular flexibility index (Phi) is 3.73. The van der Waals surface area contributed by atoms with E-state index < -0.39 is 5.60 Å². The second-order valence-electron chi connectivity index (χ2n) is 4.73. The summed E-state index contributed by atoms with van der Waals surface area (Å²) in [7, 11) is 0. The average molecular weight is 252 g/mol. The van der Waals surface area contributed by atoms with Crippen LogP contribution in [0.1, 0.15) is 30.8 Å². The molecule has 1 aliphatic rings. The molecule has 1 aromatic rings. The molecule has 2 N–H and O–H groups in total. The molecule has 1 fully saturated rings. The van der Waals surface area contributed by atoms with Gasteiger partial charge in [-0.1, -0.05) is 0 Å². The average Bonchev–Trinajstić information content (AvgIpc) is 2.95. The van der Waals surface area contributed by atoms with Crippen LogP contribution in [-0.4, -0.2) is 40.4 Å². The van der Waals surface area contributed by atoms with E-state index in [-0.39, 0.29) is 18.6 Å². The fraction of sp³-hybridized carbons (Fsp3) is 0.615. The van der Waals surface area contributed by atoms with Crippen molar-refractivity contribution in [3.63, 3.8) is 0 Å². The molecular weight excluding hydrogens is 232 g/mol. The summed E-state index contributed by atoms with van der Waals surface area (Å²) in [6.07, 6.45) is 2.18. The molecule has 0 bridgehead atoms. The lowest BCUT2D eigenvalue weighted by molar-refractivity contribution is -0.0252. The van der Waals surface area contributed by atoms with E-state index in [1.807, 2.05) is 30.7 Å². The Bertz CT molecular complexity index is 430. The fourth-order valence-corrected chi connectivity index (χ4v) is 2.22. The summed E-state index contributed by atoms with van der Waals surface area (Å²) in [6.45, 7) is 5.32. The van der Waals surface area contributed by atoms with Crippen LogP contribution in [0.5, 0.6) is 0 Å². The fourth-order valence-electron chi connectivity index (χ4n) is 2.22. The van der Waals surface area contributed by atoms with Gasteiger partial charge in [-0.2, -0.15) is 0 Å². The number of aromatic nitrogens is 1. The molecule has 1 aromatic heterocycles. The minimum absolute atomic E-state index is 0.158. The lowest BCUT2D eigenvalue weighted by atomic mass is 9.97. The first kappa shape index (κ1) is 13.1. The number of hydrogen-bond acceptors (Lipinski definition) is 3. The maximum Gasteiger partial charge on any atom is 0.268 e. The quantitative estimate of drug-likeness (QED) is 0.832. The topological polar surface area (TPSA) is 63.5 Å². The van der Waals surface area contributed by atoms with Gasteiger partial charge >= 0.3 is 0 Å². The summed E-state index contributed by atoms with van der Waals surface area (Å²) in [4.78, 5) is 12.0. The van der Waals surface area contributed by atoms with Crippen LogP contribution in [0.2, 0.25) is 0 Å². The molecule has 5 heteroatoms. The minimum Gasteiger partial charge on any atom is -0.385 e. The summed E-state index contributed by atoms with van der Waals surface area (Å²) in [5.41, 5.74) is -0.327. The van der Waals surface area contributed by atoms with Gasteiger partial charge in [-0.05, 0) is 26.0 Å². The number of amides is 1. The normalized spacial score (nSPS) is 27.4. The summed E-state index contributed by atoms with van der Waals surface area (Å²) >= 11 is 0. The molecule has 18 heavy (non-hydrogen) atoms. The van der Waals surface area contributed by atoms with Gasteiger partial charge in [-0.25, -0.2) is 0 Å². The van der Waals surface area contributed by atoms with Gasteiger partial charge in [0.15, 0.2) is 0 Å². The van der Waals surface area contributed by atoms with Gasteiger partial charge in [-0.15, -0.1) is 0 Å². The van der Waals surface area contributed by atoms with Gasteiger partial charge < -0.3 is 19.7 Å². The molecule has 100 valence electrons. The predicted octanol–water partition coefficient (Wildman–Crippen LogP) is 0.778. The number of nitrogens with zero attached hydrogens (tertiary/aromatic N) is 1. The SMILES string of the molecule is CCn1cccc1C(=O)NCC1(O)CCOC1C. The summed E-state index contributed by atoms with van der Waals surface area (Å²) < 4.78 is 7.20. The molecule has 0 radical (unpaired) electrons. The van der Waals surface area contributed by atoms with Crippen molar-refractivity contribution in [2.75, 3.05) is 13.2 Å². The molecule has 5 nitrogen and oxygen atoms in total. The van der Waals surface area contributed by atoms with Crippen molar-refractivity contribution in [1.29, 1.82) is 0 Å². The second-order valence-corrected chi connectivity index (χ2v) is 4.73. The van der Waals surface area contributed by atoms with E-state index in [0.29, 0.717) is 18.7 Å². The van der Waals surface area contributed by atoms with Crippen molar-refractivity contribution < 1.29 is 14.6 Å². The summed E-state index contributed by atoms with van der Waals surface area (Å²) in [5.74, 6) is -0.158. The van der Waals surface area contributed by atoms with Gasteiger partial charge in [0.1, 0.15) is 11.3 Å². The minimum atomic E-state index is -0.945. The Hall–Kier alpha value is -1.33. The van der Waals surface area contributed by atoms with E-state index in [4.69, 9.17) is 4.74 Å². The van der Waals surface area contributed by atoms with Crippen molar-refractivity contribution in [2.24, 2.45) is 0 Å². The third-order valence-corrected chi connectivity index (χ3v) is 3.62. The van der Waals surface area contributed by atoms with E-state index in [9.17, 15) is 9.90 Å². The lowest BCUT2D eigenvalue weighted by Gasteiger charge is -2.26. The van der Waals surface area contributed by atoms with Crippen LogP contribution in [0.15, 0.2) is 18.3 Å². The van der Waals surface area contributed by atoms with Crippen molar-refractivity contribution in [2.45, 2.75) is 38.5 Å². The Morgan fingerprint density at radius 3 is 3.11 bits per heavy atom. The van der Waals surface area contributed by atoms with E-state index in [1.165, 1.54) is 0 Å². The highest BCUT2D eigenvalue weighted by Gasteiger charge is 2.39. The maximum atomic E-state index is 12.0. The highest BCUT2D eigenvalue weighted by Crippen LogP contribution is 2.24. The highest BCUT2D eigenvalue weighted by molar-refractivity contribution is 5.92. The third kappa shape index (κ3) is 2.42. The van der Waals surface area contributed by atoms with Crippen LogP contribution in [0, 0.1) is 0 Å². The van der Waals surface area contributed by atoms with Crippen molar-refractivity contribution in [1.82, 2.24) is 9.88 Å². The maximum absolute atomic E-state index is 12.0. The number of ether oxygens (including phenoxy) is 1. The Balaban J connectivity index is 1.96. The van der Waals surface area contributed by atoms with Crippen LogP contribution in [0.25, 0.3) is 0 Å². The number of aliphatic hydroxyl groups is 1. The van der Waals surface area contributed by atoms with Crippen LogP contribution < -0.4 is 5.32 Å². The number of carbonyl (C=O) groups is 1. The zero-order chi connectivity index (χ0) is 13.2. The van der Waals surface area contributed by atoms with E-state index >= 15 is 0 Å². The third-order valence-electron chi connectivity index (χ3n) is 3.62. The number of aryl methyl sites for hydroxylation is 1. The number of nitrogens with one attached hydrogen (secondary N) is 1. The molecule has 2 rings (SSSR count). The summed E-state index contributed by atoms with van der Waals surface area (Å²) in [6, 6.07) is 3.62. The Morgan fingerprint density at radius 1 is 1.72 bits per heavy atom. The zero-order valence-electron chi connectivity index (χ0n) is 10.8. The van der Waals surface area contributed by atoms with Crippen molar-refractivity contribution in [3.05, 3.63) is 24.0 Å². The lowest BCUT2D eigenvalue weighted by Crippen LogP contribution is -2.47. The first-order chi connectivity index (χ1) is 8.57. The number of carbonyl (C=O) groups excluding carboxylic acids is 1. The molecule has 2 heterocycles. The second kappa shape index (κ2) is 5.12. The van der Waals surface area contributed by atoms with Crippen LogP contribution in [-0.2, 0) is 11.3 Å². The molecule has 1 amide bonds. The first-order valence-electron chi connectivity index (χ1n) is 6.34. The molecule has 2 unspecified atom stereocenters. The van der Waals surface area contributed by atoms with E-state index in [2.05, 4.69) is 5.32 Å². The van der Waals surface area contributed by atoms with Gasteiger partial charge in [-0.3, -0.25) is 4.79 Å². The Labute approximate surface area is 107 Å². The van der Waals surface area contributed by atoms with Crippen LogP contribution in [0.4, 0.5) is 0 Å². The molecule has 1 saturated heterocycles. The molecule has 2 atom stereocenters. The molecule has 0 saturated carbocycles. The van der Waals surface area contributed by atoms with E-state index in [1.54, 1.807) is 6.07 Å². The smallest absolute Gasteiger partial charge is 0.268 e. The monoisotopic (exact) mass is 252 g/mol. The molecular formula is C13H20N2O3. The van der Waals surface area contributed by atoms with Crippen molar-refractivity contribution in [3.8, 4) is 0 Å². The molecule has 0 aromatic carbocycles. The molecule has 1 aliphatic heterocycles. The van der Waals surface area contributed by atoms with Crippen LogP contribution in [0.3, 0.4) is 0 Å². The standard InChI is InChI=1S/C13H20N2O3/c1-3-15-7-4-5-11(15)12(16)14-9-13(17)6-8-18-10(13)2/h4-5,7,10,17H,3,6,8-9H2,1-2H3,(H,14,16). The number of hydrogen-bond donors (Lipinski definition) is 2. The van der Waals surface area contributed by atoms with E-state index in [0.717, 1.165) is 6.54 Å². The Morgan fingerprint density at radius 2 is 2.50 bits per heavy atom. The van der Waals surface area contributed by atoms with Crippen molar-refractivity contribution >= 4 is 5.91 Å². The molecule has 0 spiro atoms. The van der Waals surface area contributed by atoms with Gasteiger partial charge in [0.25, 0.3) is 5.91 Å². The highest BCUT2D eigenvalue weighted by atomic mass is 16.5. The summed E-state index contributed by atoms with van der Waals surface area (Å²) in [5, 5.41) is 13.1. The predicted molar refractivity (Wildman–Crippen MR) is 67.4 cm³/mol. The largest absolute Gasteiger partial charge is 0.385 e. The molecule has 0 aliphatic carbocycles. The first-order valence-corrected chi connectivity index (χ1v) is 6.34. The zero-order valence-corrected chi connectivity index (χ0v) is 10.8. The van der Waals surface area contributed by atoms with Gasteiger partial charge in [0, 0.05) is 32.3 Å². The van der Waals surface area contributed by atoms with Crippen LogP contribution >= 0.6 is 0 Å². The number of rotatable bonds is 4.